The standard InChI is InChI=1S/C14H28N2O4/c1-13(2)7-19-11-15(13)9-17-5-6-18-10-16-12-20-8-14(16,3)4/h5-12H2,1-4H3. The van der Waals surface area contributed by atoms with E-state index in [0.717, 1.165) is 13.2 Å². The fourth-order valence-corrected chi connectivity index (χ4v) is 2.23. The summed E-state index contributed by atoms with van der Waals surface area (Å²) in [6, 6.07) is 0. The Kier molecular flexibility index (Phi) is 5.39. The Hall–Kier alpha value is -0.240. The number of hydrogen-bond acceptors (Lipinski definition) is 6. The Morgan fingerprint density at radius 2 is 1.20 bits per heavy atom. The first-order valence-electron chi connectivity index (χ1n) is 7.23. The molecule has 0 aliphatic carbocycles. The van der Waals surface area contributed by atoms with Gasteiger partial charge in [-0.05, 0) is 27.7 Å². The molecule has 2 fully saturated rings. The van der Waals surface area contributed by atoms with Crippen molar-refractivity contribution in [3.05, 3.63) is 0 Å². The van der Waals surface area contributed by atoms with Gasteiger partial charge in [-0.15, -0.1) is 0 Å². The normalized spacial score (nSPS) is 26.4. The molecule has 0 unspecified atom stereocenters. The van der Waals surface area contributed by atoms with Crippen LogP contribution in [0.5, 0.6) is 0 Å². The van der Waals surface area contributed by atoms with Gasteiger partial charge in [-0.3, -0.25) is 9.80 Å². The fourth-order valence-electron chi connectivity index (χ4n) is 2.23. The van der Waals surface area contributed by atoms with Crippen molar-refractivity contribution in [3.8, 4) is 0 Å². The van der Waals surface area contributed by atoms with E-state index in [1.54, 1.807) is 0 Å². The third kappa shape index (κ3) is 4.13. The predicted molar refractivity (Wildman–Crippen MR) is 75.1 cm³/mol. The van der Waals surface area contributed by atoms with Gasteiger partial charge < -0.3 is 18.9 Å². The SMILES string of the molecule is CC1(C)COCN1COCCOCN1COCC1(C)C. The van der Waals surface area contributed by atoms with Gasteiger partial charge >= 0.3 is 0 Å². The number of rotatable bonds is 7. The highest BCUT2D eigenvalue weighted by atomic mass is 16.6. The summed E-state index contributed by atoms with van der Waals surface area (Å²) in [5.74, 6) is 0. The van der Waals surface area contributed by atoms with Gasteiger partial charge in [0.1, 0.15) is 26.9 Å². The molecule has 0 saturated carbocycles. The van der Waals surface area contributed by atoms with Crippen molar-refractivity contribution < 1.29 is 18.9 Å². The van der Waals surface area contributed by atoms with Gasteiger partial charge in [-0.25, -0.2) is 0 Å². The van der Waals surface area contributed by atoms with Crippen LogP contribution >= 0.6 is 0 Å². The van der Waals surface area contributed by atoms with Gasteiger partial charge in [0.2, 0.25) is 0 Å². The van der Waals surface area contributed by atoms with Crippen LogP contribution in [0.25, 0.3) is 0 Å². The van der Waals surface area contributed by atoms with E-state index in [9.17, 15) is 0 Å². The average molecular weight is 288 g/mol. The minimum Gasteiger partial charge on any atom is -0.364 e. The lowest BCUT2D eigenvalue weighted by atomic mass is 10.1. The predicted octanol–water partition coefficient (Wildman–Crippen LogP) is 1.07. The second-order valence-electron chi connectivity index (χ2n) is 6.73. The maximum absolute atomic E-state index is 5.64. The molecule has 2 saturated heterocycles. The molecule has 20 heavy (non-hydrogen) atoms. The zero-order chi connectivity index (χ0) is 14.6. The van der Waals surface area contributed by atoms with Crippen molar-refractivity contribution in [3.63, 3.8) is 0 Å². The van der Waals surface area contributed by atoms with Gasteiger partial charge in [0, 0.05) is 11.1 Å². The zero-order valence-electron chi connectivity index (χ0n) is 13.2. The molecule has 0 N–H and O–H groups in total. The Bertz CT molecular complexity index is 280. The van der Waals surface area contributed by atoms with E-state index in [0.29, 0.717) is 40.1 Å². The summed E-state index contributed by atoms with van der Waals surface area (Å²) in [5.41, 5.74) is 0.134. The van der Waals surface area contributed by atoms with Gasteiger partial charge in [-0.1, -0.05) is 0 Å². The highest BCUT2D eigenvalue weighted by molar-refractivity contribution is 4.83. The molecule has 2 heterocycles. The first-order valence-corrected chi connectivity index (χ1v) is 7.23. The van der Waals surface area contributed by atoms with E-state index >= 15 is 0 Å². The highest BCUT2D eigenvalue weighted by Gasteiger charge is 2.33. The van der Waals surface area contributed by atoms with Crippen LogP contribution in [0.3, 0.4) is 0 Å². The van der Waals surface area contributed by atoms with E-state index in [2.05, 4.69) is 37.5 Å². The van der Waals surface area contributed by atoms with Crippen LogP contribution in [0.1, 0.15) is 27.7 Å². The second kappa shape index (κ2) is 6.68. The van der Waals surface area contributed by atoms with Crippen molar-refractivity contribution in [1.82, 2.24) is 9.80 Å². The summed E-state index contributed by atoms with van der Waals surface area (Å²) in [4.78, 5) is 4.37. The van der Waals surface area contributed by atoms with Crippen LogP contribution in [-0.2, 0) is 18.9 Å². The van der Waals surface area contributed by atoms with Crippen molar-refractivity contribution >= 4 is 0 Å². The first kappa shape index (κ1) is 16.1. The van der Waals surface area contributed by atoms with Gasteiger partial charge in [0.25, 0.3) is 0 Å². The van der Waals surface area contributed by atoms with Crippen LogP contribution in [0.2, 0.25) is 0 Å². The zero-order valence-corrected chi connectivity index (χ0v) is 13.2. The van der Waals surface area contributed by atoms with E-state index < -0.39 is 0 Å². The first-order chi connectivity index (χ1) is 9.42. The smallest absolute Gasteiger partial charge is 0.101 e. The van der Waals surface area contributed by atoms with E-state index in [1.807, 2.05) is 0 Å². The number of ether oxygens (including phenoxy) is 4. The maximum atomic E-state index is 5.64. The number of nitrogens with zero attached hydrogens (tertiary/aromatic N) is 2. The topological polar surface area (TPSA) is 43.4 Å². The van der Waals surface area contributed by atoms with Crippen molar-refractivity contribution in [2.24, 2.45) is 0 Å². The highest BCUT2D eigenvalue weighted by Crippen LogP contribution is 2.21. The molecule has 0 radical (unpaired) electrons. The largest absolute Gasteiger partial charge is 0.364 e. The molecule has 6 nitrogen and oxygen atoms in total. The summed E-state index contributed by atoms with van der Waals surface area (Å²) < 4.78 is 22.2. The van der Waals surface area contributed by atoms with Crippen molar-refractivity contribution in [1.29, 1.82) is 0 Å². The Morgan fingerprint density at radius 1 is 0.800 bits per heavy atom. The van der Waals surface area contributed by atoms with Crippen LogP contribution < -0.4 is 0 Å². The Morgan fingerprint density at radius 3 is 1.50 bits per heavy atom. The summed E-state index contributed by atoms with van der Waals surface area (Å²) >= 11 is 0. The third-order valence-corrected chi connectivity index (χ3v) is 3.98. The Labute approximate surface area is 121 Å². The molecule has 2 aliphatic heterocycles. The second-order valence-corrected chi connectivity index (χ2v) is 6.73. The molecular formula is C14H28N2O4. The minimum atomic E-state index is 0.0672. The molecular weight excluding hydrogens is 260 g/mol. The molecule has 2 aliphatic rings. The summed E-state index contributed by atoms with van der Waals surface area (Å²) in [7, 11) is 0. The van der Waals surface area contributed by atoms with Crippen LogP contribution in [0.4, 0.5) is 0 Å². The van der Waals surface area contributed by atoms with Gasteiger partial charge in [-0.2, -0.15) is 0 Å². The molecule has 0 spiro atoms. The van der Waals surface area contributed by atoms with E-state index in [4.69, 9.17) is 18.9 Å². The molecule has 6 heteroatoms. The lowest BCUT2D eigenvalue weighted by molar-refractivity contribution is -0.0596. The summed E-state index contributed by atoms with van der Waals surface area (Å²) in [6.45, 7) is 13.8. The lowest BCUT2D eigenvalue weighted by Crippen LogP contribution is -2.42. The van der Waals surface area contributed by atoms with Gasteiger partial charge in [0.15, 0.2) is 0 Å². The Balaban J connectivity index is 1.52. The molecule has 0 amide bonds. The molecule has 0 aromatic rings. The van der Waals surface area contributed by atoms with Crippen LogP contribution in [0.15, 0.2) is 0 Å². The van der Waals surface area contributed by atoms with Crippen molar-refractivity contribution in [2.45, 2.75) is 38.8 Å². The van der Waals surface area contributed by atoms with E-state index in [-0.39, 0.29) is 11.1 Å². The van der Waals surface area contributed by atoms with Gasteiger partial charge in [0.05, 0.1) is 26.4 Å². The molecule has 0 atom stereocenters. The van der Waals surface area contributed by atoms with Crippen molar-refractivity contribution in [2.75, 3.05) is 53.4 Å². The fraction of sp³-hybridized carbons (Fsp3) is 1.00. The minimum absolute atomic E-state index is 0.0672. The quantitative estimate of drug-likeness (QED) is 0.653. The average Bonchev–Trinajstić information content (AvgIpc) is 2.86. The lowest BCUT2D eigenvalue weighted by Gasteiger charge is -2.29. The maximum Gasteiger partial charge on any atom is 0.101 e. The summed E-state index contributed by atoms with van der Waals surface area (Å²) in [5, 5.41) is 0. The van der Waals surface area contributed by atoms with Crippen LogP contribution in [0, 0.1) is 0 Å². The molecule has 0 aromatic carbocycles. The molecule has 0 aromatic heterocycles. The molecule has 118 valence electrons. The molecule has 0 bridgehead atoms. The molecule has 2 rings (SSSR count). The van der Waals surface area contributed by atoms with E-state index in [1.165, 1.54) is 0 Å². The number of hydrogen-bond donors (Lipinski definition) is 0. The third-order valence-electron chi connectivity index (χ3n) is 3.98. The summed E-state index contributed by atoms with van der Waals surface area (Å²) in [6.07, 6.45) is 0. The van der Waals surface area contributed by atoms with Crippen LogP contribution in [-0.4, -0.2) is 74.2 Å². The monoisotopic (exact) mass is 288 g/mol.